The molecule has 0 saturated heterocycles. The first-order chi connectivity index (χ1) is 13.3. The van der Waals surface area contributed by atoms with Gasteiger partial charge in [0.1, 0.15) is 0 Å². The van der Waals surface area contributed by atoms with Crippen LogP contribution >= 0.6 is 0 Å². The first kappa shape index (κ1) is 20.6. The topological polar surface area (TPSA) is 54.5 Å². The number of aryl methyl sites for hydroxylation is 1. The Balaban J connectivity index is 1.77. The lowest BCUT2D eigenvalue weighted by Crippen LogP contribution is -2.41. The van der Waals surface area contributed by atoms with E-state index in [2.05, 4.69) is 25.1 Å². The minimum Gasteiger partial charge on any atom is -0.335 e. The summed E-state index contributed by atoms with van der Waals surface area (Å²) < 4.78 is 23.3. The minimum absolute atomic E-state index is 0.112. The van der Waals surface area contributed by atoms with Gasteiger partial charge >= 0.3 is 0 Å². The fourth-order valence-electron chi connectivity index (χ4n) is 3.95. The summed E-state index contributed by atoms with van der Waals surface area (Å²) in [5.74, 6) is 0.112. The van der Waals surface area contributed by atoms with E-state index in [1.807, 2.05) is 11.0 Å². The molecular formula is C23H29NO3S. The van der Waals surface area contributed by atoms with Crippen molar-refractivity contribution in [3.05, 3.63) is 65.2 Å². The van der Waals surface area contributed by atoms with Crippen molar-refractivity contribution in [1.82, 2.24) is 4.90 Å². The number of amides is 1. The zero-order valence-corrected chi connectivity index (χ0v) is 17.5. The standard InChI is InChI=1S/C23H29NO3S/c1-18-7-6-8-20(15-18)17-24(21-9-4-3-5-10-21)23(25)16-19-11-13-22(14-12-19)28(2,26)27/h6-8,11-15,21H,3-5,9-10,16-17H2,1-2H3. The van der Waals surface area contributed by atoms with Crippen LogP contribution in [0.1, 0.15) is 48.8 Å². The highest BCUT2D eigenvalue weighted by molar-refractivity contribution is 7.90. The van der Waals surface area contributed by atoms with Gasteiger partial charge in [0.15, 0.2) is 9.84 Å². The normalized spacial score (nSPS) is 15.4. The van der Waals surface area contributed by atoms with E-state index >= 15 is 0 Å². The predicted octanol–water partition coefficient (Wildman–Crippen LogP) is 4.30. The highest BCUT2D eigenvalue weighted by atomic mass is 32.2. The highest BCUT2D eigenvalue weighted by Crippen LogP contribution is 2.25. The maximum atomic E-state index is 13.2. The van der Waals surface area contributed by atoms with Crippen LogP contribution in [0.4, 0.5) is 0 Å². The average Bonchev–Trinajstić information content (AvgIpc) is 2.66. The lowest BCUT2D eigenvalue weighted by Gasteiger charge is -2.35. The quantitative estimate of drug-likeness (QED) is 0.728. The predicted molar refractivity (Wildman–Crippen MR) is 112 cm³/mol. The largest absolute Gasteiger partial charge is 0.335 e. The fourth-order valence-corrected chi connectivity index (χ4v) is 4.58. The summed E-state index contributed by atoms with van der Waals surface area (Å²) in [7, 11) is -3.22. The number of nitrogens with zero attached hydrogens (tertiary/aromatic N) is 1. The molecule has 0 atom stereocenters. The molecule has 0 aliphatic heterocycles. The minimum atomic E-state index is -3.22. The van der Waals surface area contributed by atoms with Crippen LogP contribution in [0.15, 0.2) is 53.4 Å². The fraction of sp³-hybridized carbons (Fsp3) is 0.435. The molecule has 150 valence electrons. The van der Waals surface area contributed by atoms with Crippen LogP contribution in [0, 0.1) is 6.92 Å². The van der Waals surface area contributed by atoms with Crippen molar-refractivity contribution < 1.29 is 13.2 Å². The number of hydrogen-bond acceptors (Lipinski definition) is 3. The Morgan fingerprint density at radius 3 is 2.29 bits per heavy atom. The lowest BCUT2D eigenvalue weighted by molar-refractivity contribution is -0.134. The van der Waals surface area contributed by atoms with E-state index in [4.69, 9.17) is 0 Å². The monoisotopic (exact) mass is 399 g/mol. The molecule has 0 aromatic heterocycles. The molecule has 1 aliphatic carbocycles. The smallest absolute Gasteiger partial charge is 0.227 e. The van der Waals surface area contributed by atoms with E-state index in [0.29, 0.717) is 13.0 Å². The Hall–Kier alpha value is -2.14. The van der Waals surface area contributed by atoms with Crippen LogP contribution in [0.5, 0.6) is 0 Å². The van der Waals surface area contributed by atoms with Crippen molar-refractivity contribution in [2.75, 3.05) is 6.26 Å². The summed E-state index contributed by atoms with van der Waals surface area (Å²) in [6.45, 7) is 2.70. The van der Waals surface area contributed by atoms with E-state index in [9.17, 15) is 13.2 Å². The second-order valence-corrected chi connectivity index (χ2v) is 9.91. The number of rotatable bonds is 6. The van der Waals surface area contributed by atoms with E-state index in [-0.39, 0.29) is 16.8 Å². The Labute approximate surface area is 168 Å². The van der Waals surface area contributed by atoms with Crippen LogP contribution < -0.4 is 0 Å². The number of carbonyl (C=O) groups is 1. The highest BCUT2D eigenvalue weighted by Gasteiger charge is 2.25. The third-order valence-corrected chi connectivity index (χ3v) is 6.61. The van der Waals surface area contributed by atoms with E-state index in [0.717, 1.165) is 24.0 Å². The van der Waals surface area contributed by atoms with Gasteiger partial charge in [-0.15, -0.1) is 0 Å². The van der Waals surface area contributed by atoms with Gasteiger partial charge in [-0.3, -0.25) is 4.79 Å². The van der Waals surface area contributed by atoms with Gasteiger partial charge in [0.25, 0.3) is 0 Å². The van der Waals surface area contributed by atoms with E-state index in [1.54, 1.807) is 24.3 Å². The Bertz CT molecular complexity index is 913. The second-order valence-electron chi connectivity index (χ2n) is 7.90. The van der Waals surface area contributed by atoms with Crippen molar-refractivity contribution in [2.45, 2.75) is 62.9 Å². The summed E-state index contributed by atoms with van der Waals surface area (Å²) in [5, 5.41) is 0. The second kappa shape index (κ2) is 8.91. The molecule has 3 rings (SSSR count). The molecule has 0 unspecified atom stereocenters. The van der Waals surface area contributed by atoms with Crippen LogP contribution in [-0.4, -0.2) is 31.5 Å². The molecule has 0 spiro atoms. The van der Waals surface area contributed by atoms with Crippen molar-refractivity contribution in [3.8, 4) is 0 Å². The summed E-state index contributed by atoms with van der Waals surface area (Å²) in [4.78, 5) is 15.5. The van der Waals surface area contributed by atoms with Gasteiger partial charge in [0.05, 0.1) is 11.3 Å². The van der Waals surface area contributed by atoms with Crippen LogP contribution in [0.25, 0.3) is 0 Å². The molecule has 0 N–H and O–H groups in total. The first-order valence-corrected chi connectivity index (χ1v) is 11.9. The SMILES string of the molecule is Cc1cccc(CN(C(=O)Cc2ccc(S(C)(=O)=O)cc2)C2CCCCC2)c1. The van der Waals surface area contributed by atoms with Gasteiger partial charge in [-0.1, -0.05) is 61.2 Å². The third kappa shape index (κ3) is 5.44. The molecule has 0 bridgehead atoms. The van der Waals surface area contributed by atoms with Gasteiger partial charge in [-0.05, 0) is 43.0 Å². The first-order valence-electron chi connectivity index (χ1n) is 9.97. The Morgan fingerprint density at radius 2 is 1.68 bits per heavy atom. The van der Waals surface area contributed by atoms with E-state index in [1.165, 1.54) is 31.1 Å². The molecule has 1 saturated carbocycles. The average molecular weight is 400 g/mol. The number of benzene rings is 2. The molecule has 0 heterocycles. The van der Waals surface area contributed by atoms with E-state index < -0.39 is 9.84 Å². The molecule has 28 heavy (non-hydrogen) atoms. The molecule has 1 fully saturated rings. The molecule has 0 radical (unpaired) electrons. The van der Waals surface area contributed by atoms with Gasteiger partial charge < -0.3 is 4.90 Å². The van der Waals surface area contributed by atoms with Gasteiger partial charge in [-0.25, -0.2) is 8.42 Å². The third-order valence-electron chi connectivity index (χ3n) is 5.48. The lowest BCUT2D eigenvalue weighted by atomic mass is 9.93. The van der Waals surface area contributed by atoms with Crippen LogP contribution in [-0.2, 0) is 27.6 Å². The summed E-state index contributed by atoms with van der Waals surface area (Å²) >= 11 is 0. The molecule has 2 aromatic carbocycles. The molecule has 1 aliphatic rings. The maximum Gasteiger partial charge on any atom is 0.227 e. The summed E-state index contributed by atoms with van der Waals surface area (Å²) in [6.07, 6.45) is 7.20. The molecule has 4 nitrogen and oxygen atoms in total. The summed E-state index contributed by atoms with van der Waals surface area (Å²) in [6, 6.07) is 15.3. The van der Waals surface area contributed by atoms with Gasteiger partial charge in [-0.2, -0.15) is 0 Å². The Morgan fingerprint density at radius 1 is 1.00 bits per heavy atom. The van der Waals surface area contributed by atoms with Gasteiger partial charge in [0, 0.05) is 18.8 Å². The zero-order valence-electron chi connectivity index (χ0n) is 16.7. The Kier molecular flexibility index (Phi) is 6.55. The summed E-state index contributed by atoms with van der Waals surface area (Å²) in [5.41, 5.74) is 3.21. The molecule has 5 heteroatoms. The number of carbonyl (C=O) groups excluding carboxylic acids is 1. The van der Waals surface area contributed by atoms with Crippen molar-refractivity contribution >= 4 is 15.7 Å². The van der Waals surface area contributed by atoms with Gasteiger partial charge in [0.2, 0.25) is 5.91 Å². The van der Waals surface area contributed by atoms with Crippen LogP contribution in [0.3, 0.4) is 0 Å². The maximum absolute atomic E-state index is 13.2. The van der Waals surface area contributed by atoms with Crippen molar-refractivity contribution in [2.24, 2.45) is 0 Å². The number of hydrogen-bond donors (Lipinski definition) is 0. The zero-order chi connectivity index (χ0) is 20.1. The van der Waals surface area contributed by atoms with Crippen molar-refractivity contribution in [1.29, 1.82) is 0 Å². The molecular weight excluding hydrogens is 370 g/mol. The molecule has 1 amide bonds. The van der Waals surface area contributed by atoms with Crippen molar-refractivity contribution in [3.63, 3.8) is 0 Å². The number of sulfone groups is 1. The van der Waals surface area contributed by atoms with Crippen LogP contribution in [0.2, 0.25) is 0 Å². The molecule has 2 aromatic rings.